The highest BCUT2D eigenvalue weighted by Gasteiger charge is 2.14. The fourth-order valence-corrected chi connectivity index (χ4v) is 4.88. The zero-order chi connectivity index (χ0) is 32.3. The van der Waals surface area contributed by atoms with Crippen LogP contribution in [0.5, 0.6) is 0 Å². The number of carbonyl (C=O) groups excluding carboxylic acids is 2. The van der Waals surface area contributed by atoms with E-state index in [-0.39, 0.29) is 11.8 Å². The Labute approximate surface area is 269 Å². The van der Waals surface area contributed by atoms with E-state index in [1.807, 2.05) is 73.7 Å². The number of amides is 2. The van der Waals surface area contributed by atoms with E-state index in [2.05, 4.69) is 42.4 Å². The monoisotopic (exact) mass is 614 g/mol. The van der Waals surface area contributed by atoms with E-state index in [1.54, 1.807) is 42.9 Å². The molecule has 0 spiro atoms. The lowest BCUT2D eigenvalue weighted by Crippen LogP contribution is -2.43. The van der Waals surface area contributed by atoms with Crippen molar-refractivity contribution in [3.05, 3.63) is 132 Å². The molecular weight excluding hydrogens is 576 g/mol. The lowest BCUT2D eigenvalue weighted by molar-refractivity contribution is 0.0997. The predicted octanol–water partition coefficient (Wildman–Crippen LogP) is 5.38. The number of nitrogens with zero attached hydrogens (tertiary/aromatic N) is 5. The number of primary amides is 1. The molecule has 0 radical (unpaired) electrons. The lowest BCUT2D eigenvalue weighted by atomic mass is 10.1. The average Bonchev–Trinajstić information content (AvgIpc) is 3.09. The zero-order valence-electron chi connectivity index (χ0n) is 26.1. The van der Waals surface area contributed by atoms with Gasteiger partial charge in [0.1, 0.15) is 0 Å². The molecule has 4 N–H and O–H groups in total. The van der Waals surface area contributed by atoms with Gasteiger partial charge in [-0.3, -0.25) is 19.5 Å². The summed E-state index contributed by atoms with van der Waals surface area (Å²) in [5.41, 5.74) is 11.6. The van der Waals surface area contributed by atoms with Crippen molar-refractivity contribution in [2.24, 2.45) is 5.73 Å². The van der Waals surface area contributed by atoms with Gasteiger partial charge in [0.15, 0.2) is 0 Å². The summed E-state index contributed by atoms with van der Waals surface area (Å²) in [5, 5.41) is 6.29. The topological polar surface area (TPSA) is 129 Å². The van der Waals surface area contributed by atoms with Crippen molar-refractivity contribution in [3.63, 3.8) is 0 Å². The van der Waals surface area contributed by atoms with Crippen LogP contribution in [0.1, 0.15) is 31.8 Å². The Kier molecular flexibility index (Phi) is 10.8. The van der Waals surface area contributed by atoms with Gasteiger partial charge < -0.3 is 21.3 Å². The average molecular weight is 615 g/mol. The van der Waals surface area contributed by atoms with Crippen molar-refractivity contribution in [3.8, 4) is 11.3 Å². The van der Waals surface area contributed by atoms with Crippen molar-refractivity contribution >= 4 is 29.1 Å². The van der Waals surface area contributed by atoms with Gasteiger partial charge in [-0.15, -0.1) is 0 Å². The van der Waals surface area contributed by atoms with Crippen LogP contribution < -0.4 is 16.4 Å². The maximum absolute atomic E-state index is 12.9. The summed E-state index contributed by atoms with van der Waals surface area (Å²) in [4.78, 5) is 41.3. The smallest absolute Gasteiger partial charge is 0.255 e. The van der Waals surface area contributed by atoms with Crippen LogP contribution in [0.3, 0.4) is 0 Å². The van der Waals surface area contributed by atoms with Crippen LogP contribution in [-0.4, -0.2) is 69.8 Å². The SMILES string of the molecule is Cc1ccc(NC(=O)c2ccc(CN3CCN(C)CC3)cc2)cc1Nc1nccc(-c2cccnc2)n1.NC(=O)c1ccccc1. The minimum absolute atomic E-state index is 0.143. The fraction of sp³-hybridized carbons (Fsp3) is 0.194. The summed E-state index contributed by atoms with van der Waals surface area (Å²) in [7, 11) is 2.16. The molecule has 234 valence electrons. The minimum atomic E-state index is -0.379. The Morgan fingerprint density at radius 3 is 2.28 bits per heavy atom. The number of rotatable bonds is 8. The highest BCUT2D eigenvalue weighted by Crippen LogP contribution is 2.25. The maximum atomic E-state index is 12.9. The van der Waals surface area contributed by atoms with Gasteiger partial charge in [0.05, 0.1) is 5.69 Å². The van der Waals surface area contributed by atoms with E-state index in [9.17, 15) is 9.59 Å². The Hall–Kier alpha value is -5.45. The number of piperazine rings is 1. The molecule has 3 aromatic carbocycles. The van der Waals surface area contributed by atoms with Crippen molar-refractivity contribution in [1.29, 1.82) is 0 Å². The fourth-order valence-electron chi connectivity index (χ4n) is 4.88. The van der Waals surface area contributed by atoms with Crippen LogP contribution in [0.4, 0.5) is 17.3 Å². The summed E-state index contributed by atoms with van der Waals surface area (Å²) in [6.45, 7) is 7.24. The van der Waals surface area contributed by atoms with Gasteiger partial charge in [-0.1, -0.05) is 36.4 Å². The third-order valence-electron chi connectivity index (χ3n) is 7.63. The second-order valence-corrected chi connectivity index (χ2v) is 11.1. The largest absolute Gasteiger partial charge is 0.366 e. The Balaban J connectivity index is 0.000000400. The third-order valence-corrected chi connectivity index (χ3v) is 7.63. The normalized spacial score (nSPS) is 13.3. The number of aromatic nitrogens is 3. The van der Waals surface area contributed by atoms with Crippen LogP contribution in [0.25, 0.3) is 11.3 Å². The molecule has 1 saturated heterocycles. The van der Waals surface area contributed by atoms with Gasteiger partial charge in [0, 0.05) is 79.4 Å². The number of nitrogens with one attached hydrogen (secondary N) is 2. The van der Waals surface area contributed by atoms with Crippen LogP contribution in [-0.2, 0) is 6.54 Å². The van der Waals surface area contributed by atoms with Crippen LogP contribution in [0, 0.1) is 6.92 Å². The Morgan fingerprint density at radius 1 is 0.848 bits per heavy atom. The second-order valence-electron chi connectivity index (χ2n) is 11.1. The first-order valence-corrected chi connectivity index (χ1v) is 15.1. The molecular formula is C36H38N8O2. The summed E-state index contributed by atoms with van der Waals surface area (Å²) < 4.78 is 0. The number of nitrogens with two attached hydrogens (primary N) is 1. The standard InChI is InChI=1S/C29H31N7O.C7H7NO/c1-21-5-10-25(18-27(21)34-29-31-13-11-26(33-29)24-4-3-12-30-19-24)32-28(37)23-8-6-22(7-9-23)20-36-16-14-35(2)15-17-36;8-7(9)6-4-2-1-3-5-6/h3-13,18-19H,14-17,20H2,1-2H3,(H,32,37)(H,31,33,34);1-5H,(H2,8,9). The summed E-state index contributed by atoms with van der Waals surface area (Å²) in [5.74, 6) is -0.0461. The highest BCUT2D eigenvalue weighted by molar-refractivity contribution is 6.04. The van der Waals surface area contributed by atoms with E-state index in [1.165, 1.54) is 5.56 Å². The first kappa shape index (κ1) is 32.0. The molecule has 2 aromatic heterocycles. The molecule has 2 amide bonds. The van der Waals surface area contributed by atoms with Crippen molar-refractivity contribution in [2.45, 2.75) is 13.5 Å². The Morgan fingerprint density at radius 2 is 1.61 bits per heavy atom. The van der Waals surface area contributed by atoms with Gasteiger partial charge in [-0.05, 0) is 79.7 Å². The maximum Gasteiger partial charge on any atom is 0.255 e. The third kappa shape index (κ3) is 9.04. The number of hydrogen-bond acceptors (Lipinski definition) is 8. The van der Waals surface area contributed by atoms with E-state index in [4.69, 9.17) is 5.73 Å². The molecule has 10 heteroatoms. The molecule has 3 heterocycles. The van der Waals surface area contributed by atoms with Crippen molar-refractivity contribution < 1.29 is 9.59 Å². The molecule has 0 unspecified atom stereocenters. The molecule has 0 atom stereocenters. The molecule has 46 heavy (non-hydrogen) atoms. The van der Waals surface area contributed by atoms with Crippen LogP contribution >= 0.6 is 0 Å². The van der Waals surface area contributed by atoms with Crippen LogP contribution in [0.2, 0.25) is 0 Å². The van der Waals surface area contributed by atoms with E-state index in [0.717, 1.165) is 55.2 Å². The number of likely N-dealkylation sites (N-methyl/N-ethyl adjacent to an activating group) is 1. The summed E-state index contributed by atoms with van der Waals surface area (Å²) >= 11 is 0. The number of aryl methyl sites for hydroxylation is 1. The van der Waals surface area contributed by atoms with E-state index in [0.29, 0.717) is 22.8 Å². The Bertz CT molecular complexity index is 1740. The molecule has 10 nitrogen and oxygen atoms in total. The minimum Gasteiger partial charge on any atom is -0.366 e. The predicted molar refractivity (Wildman–Crippen MR) is 182 cm³/mol. The first-order valence-electron chi connectivity index (χ1n) is 15.1. The number of benzene rings is 3. The molecule has 1 aliphatic rings. The molecule has 0 bridgehead atoms. The van der Waals surface area contributed by atoms with Gasteiger partial charge in [-0.25, -0.2) is 9.97 Å². The highest BCUT2D eigenvalue weighted by atomic mass is 16.2. The summed E-state index contributed by atoms with van der Waals surface area (Å²) in [6.07, 6.45) is 5.22. The first-order chi connectivity index (χ1) is 22.3. The molecule has 6 rings (SSSR count). The van der Waals surface area contributed by atoms with Gasteiger partial charge in [0.25, 0.3) is 5.91 Å². The van der Waals surface area contributed by atoms with Gasteiger partial charge >= 0.3 is 0 Å². The van der Waals surface area contributed by atoms with Crippen LogP contribution in [0.15, 0.2) is 110 Å². The van der Waals surface area contributed by atoms with E-state index >= 15 is 0 Å². The number of carbonyl (C=O) groups is 2. The van der Waals surface area contributed by atoms with E-state index < -0.39 is 0 Å². The molecule has 0 saturated carbocycles. The number of anilines is 3. The van der Waals surface area contributed by atoms with Gasteiger partial charge in [-0.2, -0.15) is 0 Å². The molecule has 0 aliphatic carbocycles. The zero-order valence-corrected chi connectivity index (χ0v) is 26.1. The molecule has 1 aliphatic heterocycles. The quantitative estimate of drug-likeness (QED) is 0.213. The molecule has 1 fully saturated rings. The summed E-state index contributed by atoms with van der Waals surface area (Å²) in [6, 6.07) is 28.1. The second kappa shape index (κ2) is 15.5. The van der Waals surface area contributed by atoms with Crippen molar-refractivity contribution in [1.82, 2.24) is 24.8 Å². The number of pyridine rings is 1. The molecule has 5 aromatic rings. The van der Waals surface area contributed by atoms with Crippen molar-refractivity contribution in [2.75, 3.05) is 43.9 Å². The lowest BCUT2D eigenvalue weighted by Gasteiger charge is -2.32. The number of hydrogen-bond donors (Lipinski definition) is 3. The van der Waals surface area contributed by atoms with Gasteiger partial charge in [0.2, 0.25) is 11.9 Å².